The van der Waals surface area contributed by atoms with Gasteiger partial charge in [-0.3, -0.25) is 4.90 Å². The summed E-state index contributed by atoms with van der Waals surface area (Å²) in [5, 5.41) is 9.71. The summed E-state index contributed by atoms with van der Waals surface area (Å²) in [4.78, 5) is 2.31. The highest BCUT2D eigenvalue weighted by atomic mass is 16.3. The van der Waals surface area contributed by atoms with E-state index >= 15 is 0 Å². The molecule has 0 heterocycles. The van der Waals surface area contributed by atoms with Crippen molar-refractivity contribution >= 4 is 0 Å². The van der Waals surface area contributed by atoms with Crippen molar-refractivity contribution in [2.24, 2.45) is 0 Å². The Hall–Kier alpha value is -0.860. The topological polar surface area (TPSA) is 23.5 Å². The second kappa shape index (κ2) is 6.66. The van der Waals surface area contributed by atoms with Crippen LogP contribution in [0.1, 0.15) is 32.8 Å². The summed E-state index contributed by atoms with van der Waals surface area (Å²) < 4.78 is 0. The standard InChI is InChI=1S/C14H23NO/c1-4-14(16)11-15(12(2)3)10-13-8-6-5-7-9-13/h5-9,12,14,16H,4,10-11H2,1-3H3. The van der Waals surface area contributed by atoms with Crippen LogP contribution in [0, 0.1) is 0 Å². The van der Waals surface area contributed by atoms with Gasteiger partial charge in [0, 0.05) is 19.1 Å². The molecule has 0 saturated heterocycles. The Morgan fingerprint density at radius 2 is 1.81 bits per heavy atom. The normalized spacial score (nSPS) is 13.4. The lowest BCUT2D eigenvalue weighted by molar-refractivity contribution is 0.0881. The third-order valence-electron chi connectivity index (χ3n) is 2.88. The van der Waals surface area contributed by atoms with Crippen LogP contribution in [0.4, 0.5) is 0 Å². The summed E-state index contributed by atoms with van der Waals surface area (Å²) in [5.41, 5.74) is 1.31. The van der Waals surface area contributed by atoms with Gasteiger partial charge >= 0.3 is 0 Å². The molecule has 0 aliphatic rings. The highest BCUT2D eigenvalue weighted by Gasteiger charge is 2.13. The van der Waals surface area contributed by atoms with Gasteiger partial charge in [0.2, 0.25) is 0 Å². The molecular weight excluding hydrogens is 198 g/mol. The van der Waals surface area contributed by atoms with E-state index in [0.717, 1.165) is 19.5 Å². The lowest BCUT2D eigenvalue weighted by atomic mass is 10.1. The van der Waals surface area contributed by atoms with Gasteiger partial charge in [-0.2, -0.15) is 0 Å². The van der Waals surface area contributed by atoms with E-state index in [0.29, 0.717) is 6.04 Å². The van der Waals surface area contributed by atoms with Gasteiger partial charge in [0.15, 0.2) is 0 Å². The van der Waals surface area contributed by atoms with Crippen LogP contribution in [0.5, 0.6) is 0 Å². The first-order valence-electron chi connectivity index (χ1n) is 6.09. The first-order valence-corrected chi connectivity index (χ1v) is 6.09. The zero-order chi connectivity index (χ0) is 12.0. The van der Waals surface area contributed by atoms with Crippen LogP contribution in [-0.4, -0.2) is 28.7 Å². The zero-order valence-electron chi connectivity index (χ0n) is 10.6. The van der Waals surface area contributed by atoms with Gasteiger partial charge in [-0.1, -0.05) is 37.3 Å². The Morgan fingerprint density at radius 3 is 2.31 bits per heavy atom. The number of hydrogen-bond donors (Lipinski definition) is 1. The monoisotopic (exact) mass is 221 g/mol. The minimum Gasteiger partial charge on any atom is -0.392 e. The van der Waals surface area contributed by atoms with E-state index in [9.17, 15) is 5.11 Å². The Bertz CT molecular complexity index is 284. The van der Waals surface area contributed by atoms with Crippen molar-refractivity contribution in [3.8, 4) is 0 Å². The molecule has 1 unspecified atom stereocenters. The molecule has 2 nitrogen and oxygen atoms in total. The second-order valence-electron chi connectivity index (χ2n) is 4.57. The number of aliphatic hydroxyl groups is 1. The molecule has 16 heavy (non-hydrogen) atoms. The third-order valence-corrected chi connectivity index (χ3v) is 2.88. The van der Waals surface area contributed by atoms with Crippen molar-refractivity contribution in [3.05, 3.63) is 35.9 Å². The molecule has 1 aromatic carbocycles. The first kappa shape index (κ1) is 13.2. The van der Waals surface area contributed by atoms with Crippen molar-refractivity contribution in [1.29, 1.82) is 0 Å². The predicted octanol–water partition coefficient (Wildman–Crippen LogP) is 2.67. The van der Waals surface area contributed by atoms with Crippen LogP contribution in [0.15, 0.2) is 30.3 Å². The maximum absolute atomic E-state index is 9.71. The average molecular weight is 221 g/mol. The Balaban J connectivity index is 2.58. The average Bonchev–Trinajstić information content (AvgIpc) is 2.29. The molecule has 1 aromatic rings. The molecule has 0 spiro atoms. The lowest BCUT2D eigenvalue weighted by Gasteiger charge is -2.28. The molecule has 0 aliphatic carbocycles. The van der Waals surface area contributed by atoms with Crippen LogP contribution < -0.4 is 0 Å². The van der Waals surface area contributed by atoms with Gasteiger partial charge in [-0.15, -0.1) is 0 Å². The summed E-state index contributed by atoms with van der Waals surface area (Å²) in [6.07, 6.45) is 0.601. The molecule has 0 radical (unpaired) electrons. The first-order chi connectivity index (χ1) is 7.63. The molecule has 0 aliphatic heterocycles. The van der Waals surface area contributed by atoms with E-state index in [4.69, 9.17) is 0 Å². The van der Waals surface area contributed by atoms with Crippen molar-refractivity contribution in [3.63, 3.8) is 0 Å². The van der Waals surface area contributed by atoms with Crippen molar-refractivity contribution in [2.45, 2.75) is 45.9 Å². The van der Waals surface area contributed by atoms with E-state index in [2.05, 4.69) is 43.0 Å². The van der Waals surface area contributed by atoms with E-state index < -0.39 is 0 Å². The number of rotatable bonds is 6. The minimum atomic E-state index is -0.217. The van der Waals surface area contributed by atoms with Crippen LogP contribution in [0.2, 0.25) is 0 Å². The van der Waals surface area contributed by atoms with E-state index in [1.807, 2.05) is 13.0 Å². The summed E-state index contributed by atoms with van der Waals surface area (Å²) in [6, 6.07) is 10.9. The van der Waals surface area contributed by atoms with Crippen LogP contribution in [0.3, 0.4) is 0 Å². The molecule has 0 bridgehead atoms. The molecule has 90 valence electrons. The number of hydrogen-bond acceptors (Lipinski definition) is 2. The molecule has 2 heteroatoms. The quantitative estimate of drug-likeness (QED) is 0.798. The predicted molar refractivity (Wildman–Crippen MR) is 68.3 cm³/mol. The summed E-state index contributed by atoms with van der Waals surface area (Å²) in [7, 11) is 0. The van der Waals surface area contributed by atoms with Gasteiger partial charge in [-0.05, 0) is 25.8 Å². The fraction of sp³-hybridized carbons (Fsp3) is 0.571. The van der Waals surface area contributed by atoms with Crippen LogP contribution >= 0.6 is 0 Å². The maximum Gasteiger partial charge on any atom is 0.0664 e. The van der Waals surface area contributed by atoms with Crippen molar-refractivity contribution in [1.82, 2.24) is 4.90 Å². The molecule has 1 N–H and O–H groups in total. The Labute approximate surface area is 98.9 Å². The number of aliphatic hydroxyl groups excluding tert-OH is 1. The minimum absolute atomic E-state index is 0.217. The number of benzene rings is 1. The zero-order valence-corrected chi connectivity index (χ0v) is 10.6. The molecule has 0 fully saturated rings. The summed E-state index contributed by atoms with van der Waals surface area (Å²) in [6.45, 7) is 8.03. The number of nitrogens with zero attached hydrogens (tertiary/aromatic N) is 1. The van der Waals surface area contributed by atoms with Crippen molar-refractivity contribution < 1.29 is 5.11 Å². The largest absolute Gasteiger partial charge is 0.392 e. The van der Waals surface area contributed by atoms with Gasteiger partial charge in [0.25, 0.3) is 0 Å². The molecular formula is C14H23NO. The van der Waals surface area contributed by atoms with Crippen molar-refractivity contribution in [2.75, 3.05) is 6.54 Å². The summed E-state index contributed by atoms with van der Waals surface area (Å²) in [5.74, 6) is 0. The van der Waals surface area contributed by atoms with Gasteiger partial charge in [-0.25, -0.2) is 0 Å². The molecule has 0 aromatic heterocycles. The van der Waals surface area contributed by atoms with Crippen LogP contribution in [0.25, 0.3) is 0 Å². The SMILES string of the molecule is CCC(O)CN(Cc1ccccc1)C(C)C. The second-order valence-corrected chi connectivity index (χ2v) is 4.57. The molecule has 1 atom stereocenters. The van der Waals surface area contributed by atoms with Gasteiger partial charge in [0.1, 0.15) is 0 Å². The van der Waals surface area contributed by atoms with Gasteiger partial charge in [0.05, 0.1) is 6.10 Å². The molecule has 0 amide bonds. The van der Waals surface area contributed by atoms with Gasteiger partial charge < -0.3 is 5.11 Å². The van der Waals surface area contributed by atoms with E-state index in [1.54, 1.807) is 0 Å². The maximum atomic E-state index is 9.71. The fourth-order valence-electron chi connectivity index (χ4n) is 1.68. The van der Waals surface area contributed by atoms with E-state index in [1.165, 1.54) is 5.56 Å². The smallest absolute Gasteiger partial charge is 0.0664 e. The van der Waals surface area contributed by atoms with E-state index in [-0.39, 0.29) is 6.10 Å². The fourth-order valence-corrected chi connectivity index (χ4v) is 1.68. The third kappa shape index (κ3) is 4.33. The Kier molecular flexibility index (Phi) is 5.50. The molecule has 0 saturated carbocycles. The van der Waals surface area contributed by atoms with Crippen LogP contribution in [-0.2, 0) is 6.54 Å². The lowest BCUT2D eigenvalue weighted by Crippen LogP contribution is -2.36. The molecule has 1 rings (SSSR count). The Morgan fingerprint density at radius 1 is 1.19 bits per heavy atom. The highest BCUT2D eigenvalue weighted by molar-refractivity contribution is 5.14. The highest BCUT2D eigenvalue weighted by Crippen LogP contribution is 2.09. The summed E-state index contributed by atoms with van der Waals surface area (Å²) >= 11 is 0.